The van der Waals surface area contributed by atoms with E-state index >= 15 is 0 Å². The van der Waals surface area contributed by atoms with E-state index in [2.05, 4.69) is 0 Å². The Balaban J connectivity index is 2.96. The summed E-state index contributed by atoms with van der Waals surface area (Å²) in [5, 5.41) is 0. The number of Topliss-reactive ketones (excluding diaryl/α,β-unsaturated/α-hetero) is 1. The SMILES string of the molecule is C[C@H]1CC(C(=O)C(C)(C)C)C(=O)N(C(=O)OC(C)(C)C)C1. The molecule has 0 bridgehead atoms. The average molecular weight is 297 g/mol. The van der Waals surface area contributed by atoms with E-state index < -0.39 is 28.9 Å². The molecule has 0 aromatic heterocycles. The normalized spacial score (nSPS) is 24.0. The molecule has 1 saturated heterocycles. The largest absolute Gasteiger partial charge is 0.443 e. The molecular weight excluding hydrogens is 270 g/mol. The van der Waals surface area contributed by atoms with Gasteiger partial charge in [0.25, 0.3) is 0 Å². The van der Waals surface area contributed by atoms with Crippen LogP contribution in [-0.4, -0.2) is 34.8 Å². The number of amides is 2. The zero-order valence-electron chi connectivity index (χ0n) is 14.1. The maximum absolute atomic E-state index is 12.5. The van der Waals surface area contributed by atoms with E-state index in [0.29, 0.717) is 13.0 Å². The molecule has 2 atom stereocenters. The van der Waals surface area contributed by atoms with Crippen molar-refractivity contribution in [3.63, 3.8) is 0 Å². The summed E-state index contributed by atoms with van der Waals surface area (Å²) in [6.45, 7) is 12.9. The molecule has 5 nitrogen and oxygen atoms in total. The second-order valence-corrected chi connectivity index (χ2v) is 7.94. The van der Waals surface area contributed by atoms with Gasteiger partial charge in [0.05, 0.1) is 5.92 Å². The van der Waals surface area contributed by atoms with Crippen molar-refractivity contribution >= 4 is 17.8 Å². The quantitative estimate of drug-likeness (QED) is 0.698. The molecule has 1 fully saturated rings. The minimum atomic E-state index is -0.749. The first-order valence-electron chi connectivity index (χ1n) is 7.41. The van der Waals surface area contributed by atoms with Gasteiger partial charge >= 0.3 is 6.09 Å². The van der Waals surface area contributed by atoms with Crippen molar-refractivity contribution in [2.24, 2.45) is 17.3 Å². The summed E-state index contributed by atoms with van der Waals surface area (Å²) in [7, 11) is 0. The molecule has 1 rings (SSSR count). The van der Waals surface area contributed by atoms with Crippen molar-refractivity contribution in [3.8, 4) is 0 Å². The summed E-state index contributed by atoms with van der Waals surface area (Å²) in [5.41, 5.74) is -1.27. The molecule has 0 N–H and O–H groups in total. The molecule has 0 saturated carbocycles. The summed E-state index contributed by atoms with van der Waals surface area (Å²) < 4.78 is 5.26. The fraction of sp³-hybridized carbons (Fsp3) is 0.812. The molecule has 2 amide bonds. The molecule has 0 aromatic carbocycles. The second-order valence-electron chi connectivity index (χ2n) is 7.94. The van der Waals surface area contributed by atoms with E-state index in [1.807, 2.05) is 6.92 Å². The minimum absolute atomic E-state index is 0.0894. The first-order chi connectivity index (χ1) is 9.33. The van der Waals surface area contributed by atoms with E-state index in [1.165, 1.54) is 0 Å². The lowest BCUT2D eigenvalue weighted by Gasteiger charge is -2.36. The second kappa shape index (κ2) is 5.78. The highest BCUT2D eigenvalue weighted by Crippen LogP contribution is 2.30. The van der Waals surface area contributed by atoms with Crippen LogP contribution >= 0.6 is 0 Å². The average Bonchev–Trinajstić information content (AvgIpc) is 2.27. The fourth-order valence-electron chi connectivity index (χ4n) is 2.39. The number of likely N-dealkylation sites (tertiary alicyclic amines) is 1. The number of imide groups is 1. The Kier molecular flexibility index (Phi) is 4.86. The van der Waals surface area contributed by atoms with Gasteiger partial charge in [0.2, 0.25) is 5.91 Å². The standard InChI is InChI=1S/C16H27NO4/c1-10-8-11(12(18)15(2,3)4)13(19)17(9-10)14(20)21-16(5,6)7/h10-11H,8-9H2,1-7H3/t10-,11?/m0/s1. The molecule has 0 radical (unpaired) electrons. The predicted molar refractivity (Wildman–Crippen MR) is 79.7 cm³/mol. The molecule has 1 unspecified atom stereocenters. The number of hydrogen-bond acceptors (Lipinski definition) is 4. The molecule has 0 aliphatic carbocycles. The Bertz CT molecular complexity index is 442. The van der Waals surface area contributed by atoms with Crippen LogP contribution in [0.25, 0.3) is 0 Å². The maximum Gasteiger partial charge on any atom is 0.417 e. The van der Waals surface area contributed by atoms with Crippen LogP contribution in [0.2, 0.25) is 0 Å². The van der Waals surface area contributed by atoms with Crippen molar-refractivity contribution in [1.82, 2.24) is 4.90 Å². The van der Waals surface area contributed by atoms with E-state index in [9.17, 15) is 14.4 Å². The van der Waals surface area contributed by atoms with Crippen LogP contribution in [0, 0.1) is 17.3 Å². The van der Waals surface area contributed by atoms with Crippen LogP contribution in [0.15, 0.2) is 0 Å². The monoisotopic (exact) mass is 297 g/mol. The molecule has 1 aliphatic heterocycles. The number of carbonyl (C=O) groups excluding carboxylic acids is 3. The zero-order chi connectivity index (χ0) is 16.6. The van der Waals surface area contributed by atoms with Crippen LogP contribution in [-0.2, 0) is 14.3 Å². The third kappa shape index (κ3) is 4.55. The summed E-state index contributed by atoms with van der Waals surface area (Å²) >= 11 is 0. The summed E-state index contributed by atoms with van der Waals surface area (Å²) in [6, 6.07) is 0. The highest BCUT2D eigenvalue weighted by atomic mass is 16.6. The van der Waals surface area contributed by atoms with Gasteiger partial charge in [-0.15, -0.1) is 0 Å². The Morgan fingerprint density at radius 3 is 2.10 bits per heavy atom. The Morgan fingerprint density at radius 2 is 1.67 bits per heavy atom. The highest BCUT2D eigenvalue weighted by molar-refractivity contribution is 6.08. The van der Waals surface area contributed by atoms with Crippen LogP contribution in [0.3, 0.4) is 0 Å². The topological polar surface area (TPSA) is 63.7 Å². The van der Waals surface area contributed by atoms with Crippen molar-refractivity contribution in [2.75, 3.05) is 6.54 Å². The van der Waals surface area contributed by atoms with E-state index in [-0.39, 0.29) is 11.7 Å². The van der Waals surface area contributed by atoms with Gasteiger partial charge in [-0.2, -0.15) is 0 Å². The van der Waals surface area contributed by atoms with Gasteiger partial charge in [0.1, 0.15) is 5.60 Å². The lowest BCUT2D eigenvalue weighted by Crippen LogP contribution is -2.52. The number of nitrogens with zero attached hydrogens (tertiary/aromatic N) is 1. The molecule has 5 heteroatoms. The molecule has 0 aromatic rings. The third-order valence-electron chi connectivity index (χ3n) is 3.37. The molecule has 120 valence electrons. The van der Waals surface area contributed by atoms with Crippen molar-refractivity contribution in [1.29, 1.82) is 0 Å². The van der Waals surface area contributed by atoms with Gasteiger partial charge in [-0.25, -0.2) is 9.69 Å². The van der Waals surface area contributed by atoms with Gasteiger partial charge in [0, 0.05) is 12.0 Å². The number of rotatable bonds is 1. The summed E-state index contributed by atoms with van der Waals surface area (Å²) in [6.07, 6.45) is -0.167. The minimum Gasteiger partial charge on any atom is -0.443 e. The van der Waals surface area contributed by atoms with E-state index in [0.717, 1.165) is 4.90 Å². The molecule has 0 spiro atoms. The van der Waals surface area contributed by atoms with Crippen LogP contribution < -0.4 is 0 Å². The van der Waals surface area contributed by atoms with Gasteiger partial charge in [-0.1, -0.05) is 27.7 Å². The molecule has 1 aliphatic rings. The maximum atomic E-state index is 12.5. The predicted octanol–water partition coefficient (Wildman–Crippen LogP) is 3.02. The van der Waals surface area contributed by atoms with Crippen molar-refractivity contribution < 1.29 is 19.1 Å². The first-order valence-corrected chi connectivity index (χ1v) is 7.41. The number of ketones is 1. The van der Waals surface area contributed by atoms with Gasteiger partial charge in [-0.05, 0) is 33.1 Å². The zero-order valence-corrected chi connectivity index (χ0v) is 14.1. The number of hydrogen-bond donors (Lipinski definition) is 0. The van der Waals surface area contributed by atoms with Gasteiger partial charge in [-0.3, -0.25) is 9.59 Å². The Morgan fingerprint density at radius 1 is 1.14 bits per heavy atom. The van der Waals surface area contributed by atoms with Crippen molar-refractivity contribution in [2.45, 2.75) is 60.5 Å². The van der Waals surface area contributed by atoms with Crippen LogP contribution in [0.5, 0.6) is 0 Å². The lowest BCUT2D eigenvalue weighted by atomic mass is 9.77. The number of piperidine rings is 1. The summed E-state index contributed by atoms with van der Waals surface area (Å²) in [4.78, 5) is 38.2. The van der Waals surface area contributed by atoms with E-state index in [4.69, 9.17) is 4.74 Å². The fourth-order valence-corrected chi connectivity index (χ4v) is 2.39. The molecule has 1 heterocycles. The van der Waals surface area contributed by atoms with E-state index in [1.54, 1.807) is 41.5 Å². The third-order valence-corrected chi connectivity index (χ3v) is 3.37. The summed E-state index contributed by atoms with van der Waals surface area (Å²) in [5.74, 6) is -1.21. The molecular formula is C16H27NO4. The molecule has 21 heavy (non-hydrogen) atoms. The van der Waals surface area contributed by atoms with Crippen LogP contribution in [0.4, 0.5) is 4.79 Å². The Labute approximate surface area is 127 Å². The van der Waals surface area contributed by atoms with Crippen molar-refractivity contribution in [3.05, 3.63) is 0 Å². The number of carbonyl (C=O) groups is 3. The Hall–Kier alpha value is -1.39. The highest BCUT2D eigenvalue weighted by Gasteiger charge is 2.44. The lowest BCUT2D eigenvalue weighted by molar-refractivity contribution is -0.148. The van der Waals surface area contributed by atoms with Crippen LogP contribution in [0.1, 0.15) is 54.9 Å². The van der Waals surface area contributed by atoms with Gasteiger partial charge < -0.3 is 4.74 Å². The smallest absolute Gasteiger partial charge is 0.417 e. The first kappa shape index (κ1) is 17.7. The van der Waals surface area contributed by atoms with Gasteiger partial charge in [0.15, 0.2) is 5.78 Å². The number of ether oxygens (including phenoxy) is 1.